The molecular weight excluding hydrogens is 294 g/mol. The van der Waals surface area contributed by atoms with Crippen molar-refractivity contribution in [1.29, 1.82) is 0 Å². The van der Waals surface area contributed by atoms with Gasteiger partial charge < -0.3 is 19.1 Å². The summed E-state index contributed by atoms with van der Waals surface area (Å²) < 4.78 is 16.8. The Labute approximate surface area is 136 Å². The van der Waals surface area contributed by atoms with E-state index in [1.165, 1.54) is 0 Å². The molecular formula is C18H21NO4. The van der Waals surface area contributed by atoms with Gasteiger partial charge in [-0.2, -0.15) is 0 Å². The number of nitrogens with zero attached hydrogens (tertiary/aromatic N) is 1. The summed E-state index contributed by atoms with van der Waals surface area (Å²) in [5.74, 6) is 4.27. The molecule has 0 aliphatic carbocycles. The summed E-state index contributed by atoms with van der Waals surface area (Å²) in [7, 11) is 0. The average molecular weight is 315 g/mol. The van der Waals surface area contributed by atoms with Crippen LogP contribution in [-0.4, -0.2) is 49.8 Å². The fourth-order valence-corrected chi connectivity index (χ4v) is 2.95. The van der Waals surface area contributed by atoms with E-state index in [1.807, 2.05) is 29.2 Å². The second kappa shape index (κ2) is 7.38. The third kappa shape index (κ3) is 3.77. The minimum Gasteiger partial charge on any atom is -0.485 e. The molecule has 0 aromatic heterocycles. The summed E-state index contributed by atoms with van der Waals surface area (Å²) in [6.07, 6.45) is 6.47. The molecule has 1 atom stereocenters. The number of fused-ring (bicyclic) bond motifs is 1. The molecule has 0 spiro atoms. The van der Waals surface area contributed by atoms with Crippen molar-refractivity contribution in [2.24, 2.45) is 5.92 Å². The van der Waals surface area contributed by atoms with Gasteiger partial charge in [-0.05, 0) is 30.9 Å². The Morgan fingerprint density at radius 3 is 2.78 bits per heavy atom. The van der Waals surface area contributed by atoms with Crippen LogP contribution in [0.4, 0.5) is 0 Å². The molecule has 5 nitrogen and oxygen atoms in total. The van der Waals surface area contributed by atoms with Gasteiger partial charge in [0.2, 0.25) is 6.10 Å². The van der Waals surface area contributed by atoms with E-state index in [-0.39, 0.29) is 12.5 Å². The van der Waals surface area contributed by atoms with Crippen molar-refractivity contribution in [1.82, 2.24) is 4.90 Å². The average Bonchev–Trinajstić information content (AvgIpc) is 2.61. The van der Waals surface area contributed by atoms with Gasteiger partial charge in [0.15, 0.2) is 11.5 Å². The van der Waals surface area contributed by atoms with Crippen molar-refractivity contribution in [3.05, 3.63) is 24.3 Å². The third-order valence-electron chi connectivity index (χ3n) is 4.25. The van der Waals surface area contributed by atoms with E-state index >= 15 is 0 Å². The monoisotopic (exact) mass is 315 g/mol. The molecule has 1 aromatic carbocycles. The van der Waals surface area contributed by atoms with Crippen LogP contribution in [0, 0.1) is 18.3 Å². The first-order chi connectivity index (χ1) is 11.3. The van der Waals surface area contributed by atoms with Gasteiger partial charge in [0, 0.05) is 13.1 Å². The van der Waals surface area contributed by atoms with Crippen molar-refractivity contribution in [2.45, 2.75) is 18.9 Å². The van der Waals surface area contributed by atoms with E-state index < -0.39 is 6.10 Å². The number of rotatable bonds is 4. The summed E-state index contributed by atoms with van der Waals surface area (Å²) in [5.41, 5.74) is 0. The first kappa shape index (κ1) is 15.7. The number of carbonyl (C=O) groups excluding carboxylic acids is 1. The van der Waals surface area contributed by atoms with Crippen molar-refractivity contribution < 1.29 is 19.0 Å². The number of hydrogen-bond acceptors (Lipinski definition) is 4. The van der Waals surface area contributed by atoms with Gasteiger partial charge in [0.25, 0.3) is 5.91 Å². The summed E-state index contributed by atoms with van der Waals surface area (Å²) in [6, 6.07) is 7.43. The van der Waals surface area contributed by atoms with Gasteiger partial charge in [-0.1, -0.05) is 18.1 Å². The lowest BCUT2D eigenvalue weighted by Gasteiger charge is -2.35. The van der Waals surface area contributed by atoms with Crippen LogP contribution < -0.4 is 9.47 Å². The minimum atomic E-state index is -0.556. The maximum absolute atomic E-state index is 12.6. The van der Waals surface area contributed by atoms with Gasteiger partial charge in [0.1, 0.15) is 13.2 Å². The smallest absolute Gasteiger partial charge is 0.267 e. The predicted molar refractivity (Wildman–Crippen MR) is 85.3 cm³/mol. The van der Waals surface area contributed by atoms with Crippen LogP contribution in [0.3, 0.4) is 0 Å². The Hall–Kier alpha value is -2.19. The molecule has 2 aliphatic rings. The summed E-state index contributed by atoms with van der Waals surface area (Å²) >= 11 is 0. The van der Waals surface area contributed by atoms with Gasteiger partial charge in [-0.25, -0.2) is 0 Å². The fourth-order valence-electron chi connectivity index (χ4n) is 2.95. The number of benzene rings is 1. The lowest BCUT2D eigenvalue weighted by Crippen LogP contribution is -2.49. The van der Waals surface area contributed by atoms with E-state index in [1.54, 1.807) is 0 Å². The lowest BCUT2D eigenvalue weighted by atomic mass is 9.97. The molecule has 0 N–H and O–H groups in total. The highest BCUT2D eigenvalue weighted by Gasteiger charge is 2.33. The van der Waals surface area contributed by atoms with Crippen LogP contribution in [0.2, 0.25) is 0 Å². The number of likely N-dealkylation sites (tertiary alicyclic amines) is 1. The maximum atomic E-state index is 12.6. The minimum absolute atomic E-state index is 0.00231. The second-order valence-corrected chi connectivity index (χ2v) is 5.85. The van der Waals surface area contributed by atoms with E-state index in [4.69, 9.17) is 20.6 Å². The highest BCUT2D eigenvalue weighted by atomic mass is 16.6. The van der Waals surface area contributed by atoms with Gasteiger partial charge in [-0.3, -0.25) is 4.79 Å². The Balaban J connectivity index is 1.50. The van der Waals surface area contributed by atoms with Gasteiger partial charge in [-0.15, -0.1) is 6.42 Å². The third-order valence-corrected chi connectivity index (χ3v) is 4.25. The first-order valence-electron chi connectivity index (χ1n) is 7.96. The van der Waals surface area contributed by atoms with Crippen molar-refractivity contribution in [3.63, 3.8) is 0 Å². The Bertz CT molecular complexity index is 587. The number of terminal acetylenes is 1. The molecule has 1 saturated heterocycles. The summed E-state index contributed by atoms with van der Waals surface area (Å²) in [6.45, 7) is 2.74. The van der Waals surface area contributed by atoms with Gasteiger partial charge in [0.05, 0.1) is 6.61 Å². The van der Waals surface area contributed by atoms with Crippen LogP contribution in [-0.2, 0) is 9.53 Å². The molecule has 0 radical (unpaired) electrons. The Kier molecular flexibility index (Phi) is 5.04. The number of ether oxygens (including phenoxy) is 3. The molecule has 0 bridgehead atoms. The molecule has 122 valence electrons. The van der Waals surface area contributed by atoms with Crippen LogP contribution >= 0.6 is 0 Å². The van der Waals surface area contributed by atoms with Crippen molar-refractivity contribution in [2.75, 3.05) is 32.9 Å². The fraction of sp³-hybridized carbons (Fsp3) is 0.500. The molecule has 2 aliphatic heterocycles. The molecule has 1 unspecified atom stereocenters. The molecule has 2 heterocycles. The standard InChI is InChI=1S/C18H21NO4/c1-2-11-21-12-14-7-9-19(10-8-14)18(20)17-13-22-15-5-3-4-6-16(15)23-17/h1,3-6,14,17H,7-13H2. The molecule has 3 rings (SSSR count). The van der Waals surface area contributed by atoms with Crippen LogP contribution in [0.25, 0.3) is 0 Å². The molecule has 1 aromatic rings. The van der Waals surface area contributed by atoms with E-state index in [0.717, 1.165) is 25.9 Å². The SMILES string of the molecule is C#CCOCC1CCN(C(=O)C2COc3ccccc3O2)CC1. The zero-order valence-corrected chi connectivity index (χ0v) is 13.1. The van der Waals surface area contributed by atoms with Crippen molar-refractivity contribution >= 4 is 5.91 Å². The highest BCUT2D eigenvalue weighted by Crippen LogP contribution is 2.31. The molecule has 1 amide bonds. The second-order valence-electron chi connectivity index (χ2n) is 5.85. The number of piperidine rings is 1. The van der Waals surface area contributed by atoms with E-state index in [0.29, 0.717) is 30.6 Å². The highest BCUT2D eigenvalue weighted by molar-refractivity contribution is 5.82. The Morgan fingerprint density at radius 1 is 1.30 bits per heavy atom. The Morgan fingerprint density at radius 2 is 2.04 bits per heavy atom. The number of para-hydroxylation sites is 2. The molecule has 0 saturated carbocycles. The summed E-state index contributed by atoms with van der Waals surface area (Å²) in [5, 5.41) is 0. The summed E-state index contributed by atoms with van der Waals surface area (Å²) in [4.78, 5) is 14.5. The first-order valence-corrected chi connectivity index (χ1v) is 7.96. The largest absolute Gasteiger partial charge is 0.485 e. The number of hydrogen-bond donors (Lipinski definition) is 0. The zero-order chi connectivity index (χ0) is 16.1. The topological polar surface area (TPSA) is 48.0 Å². The molecule has 5 heteroatoms. The maximum Gasteiger partial charge on any atom is 0.267 e. The van der Waals surface area contributed by atoms with E-state index in [9.17, 15) is 4.79 Å². The van der Waals surface area contributed by atoms with Crippen LogP contribution in [0.15, 0.2) is 24.3 Å². The number of carbonyl (C=O) groups is 1. The quantitative estimate of drug-likeness (QED) is 0.627. The molecule has 1 fully saturated rings. The lowest BCUT2D eigenvalue weighted by molar-refractivity contribution is -0.142. The normalized spacial score (nSPS) is 20.8. The predicted octanol–water partition coefficient (Wildman–Crippen LogP) is 1.71. The van der Waals surface area contributed by atoms with Crippen LogP contribution in [0.5, 0.6) is 11.5 Å². The van der Waals surface area contributed by atoms with Gasteiger partial charge >= 0.3 is 0 Å². The van der Waals surface area contributed by atoms with Crippen molar-refractivity contribution in [3.8, 4) is 23.8 Å². The van der Waals surface area contributed by atoms with E-state index in [2.05, 4.69) is 5.92 Å². The van der Waals surface area contributed by atoms with Crippen LogP contribution in [0.1, 0.15) is 12.8 Å². The number of amides is 1. The zero-order valence-electron chi connectivity index (χ0n) is 13.1. The molecule has 23 heavy (non-hydrogen) atoms.